The van der Waals surface area contributed by atoms with E-state index in [2.05, 4.69) is 0 Å². The molecule has 0 saturated carbocycles. The average Bonchev–Trinajstić information content (AvgIpc) is 3.33. The van der Waals surface area contributed by atoms with Crippen molar-refractivity contribution < 1.29 is 33.5 Å². The maximum absolute atomic E-state index is 9.67. The SMILES string of the molecule is [2H]c1c(-c2c([2H])c([2H])c([2H])c([2H])c2[2H])ccc(N(c2c([2H])c([2H])c(-c3c([2H])c([2H])c([2H])c([2H])c3[2H])c([2H])c2[2H])c2c(-c3c([2H])c([2H])c([2H])c([2H])c3[2H])ccc3c2Oc2cccc4cccc-3c24)c1[2H]. The van der Waals surface area contributed by atoms with E-state index >= 15 is 0 Å². The van der Waals surface area contributed by atoms with Crippen molar-refractivity contribution in [3.63, 3.8) is 0 Å². The van der Waals surface area contributed by atoms with Crippen LogP contribution in [0.5, 0.6) is 11.5 Å². The Labute approximate surface area is 310 Å². The molecule has 2 heteroatoms. The van der Waals surface area contributed by atoms with Gasteiger partial charge in [0, 0.05) is 27.9 Å². The van der Waals surface area contributed by atoms with E-state index in [0.717, 1.165) is 22.4 Å². The standard InChI is InChI=1S/C46H31NO/c1-4-12-32(13-5-1)34-22-26-38(27-23-34)47(39-28-24-35(25-29-39)33-14-6-2-7-15-33)45-40(36-16-8-3-9-17-36)30-31-42-41-20-10-18-37-19-11-21-43(44(37)41)48-46(42)45/h1-31H/i1D,2D,3D,4D,5D,6D,7D,8D,9D,12D,13D,14D,15D,16D,17D,22D,23D,24D,26D,27D,28D. The van der Waals surface area contributed by atoms with Gasteiger partial charge in [-0.15, -0.1) is 0 Å². The third kappa shape index (κ3) is 4.83. The fraction of sp³-hybridized carbons (Fsp3) is 0. The number of hydrogen-bond acceptors (Lipinski definition) is 2. The number of fused-ring (bicyclic) bond motifs is 2. The Kier molecular flexibility index (Phi) is 3.37. The predicted molar refractivity (Wildman–Crippen MR) is 200 cm³/mol. The van der Waals surface area contributed by atoms with Gasteiger partial charge in [-0.2, -0.15) is 0 Å². The summed E-state index contributed by atoms with van der Waals surface area (Å²) in [6, 6.07) is -0.668. The molecule has 1 aliphatic rings. The van der Waals surface area contributed by atoms with Crippen molar-refractivity contribution in [1.82, 2.24) is 0 Å². The molecular formula is C46H31NO. The van der Waals surface area contributed by atoms with Gasteiger partial charge in [-0.3, -0.25) is 0 Å². The molecule has 0 bridgehead atoms. The minimum atomic E-state index is -0.929. The highest BCUT2D eigenvalue weighted by Gasteiger charge is 2.29. The van der Waals surface area contributed by atoms with Crippen LogP contribution in [0.1, 0.15) is 28.8 Å². The maximum atomic E-state index is 9.67. The first-order valence-corrected chi connectivity index (χ1v) is 14.6. The van der Waals surface area contributed by atoms with Gasteiger partial charge in [-0.25, -0.2) is 0 Å². The quantitative estimate of drug-likeness (QED) is 0.180. The minimum absolute atomic E-state index is 0.141. The Balaban J connectivity index is 1.48. The average molecular weight is 635 g/mol. The lowest BCUT2D eigenvalue weighted by molar-refractivity contribution is 0.488. The number of benzene rings is 8. The van der Waals surface area contributed by atoms with Crippen molar-refractivity contribution in [2.75, 3.05) is 4.90 Å². The third-order valence-electron chi connectivity index (χ3n) is 7.82. The molecular weight excluding hydrogens is 583 g/mol. The zero-order valence-corrected chi connectivity index (χ0v) is 24.6. The van der Waals surface area contributed by atoms with Crippen LogP contribution in [0.25, 0.3) is 55.3 Å². The molecule has 0 unspecified atom stereocenters. The van der Waals surface area contributed by atoms with E-state index in [4.69, 9.17) is 25.3 Å². The lowest BCUT2D eigenvalue weighted by Crippen LogP contribution is -2.14. The van der Waals surface area contributed by atoms with Crippen molar-refractivity contribution in [1.29, 1.82) is 0 Å². The van der Waals surface area contributed by atoms with Gasteiger partial charge in [0.15, 0.2) is 5.75 Å². The summed E-state index contributed by atoms with van der Waals surface area (Å²) in [5.74, 6) is 0.118. The summed E-state index contributed by atoms with van der Waals surface area (Å²) in [7, 11) is 0. The summed E-state index contributed by atoms with van der Waals surface area (Å²) in [6.07, 6.45) is 0. The van der Waals surface area contributed by atoms with Crippen LogP contribution < -0.4 is 9.64 Å². The minimum Gasteiger partial charge on any atom is -0.454 e. The Hall–Kier alpha value is -6.38. The zero-order chi connectivity index (χ0) is 50.1. The molecule has 48 heavy (non-hydrogen) atoms. The van der Waals surface area contributed by atoms with E-state index in [9.17, 15) is 8.22 Å². The van der Waals surface area contributed by atoms with E-state index in [1.165, 1.54) is 6.07 Å². The zero-order valence-electron chi connectivity index (χ0n) is 45.6. The molecule has 8 aromatic rings. The smallest absolute Gasteiger partial charge is 0.159 e. The van der Waals surface area contributed by atoms with E-state index in [1.807, 2.05) is 12.1 Å². The first kappa shape index (κ1) is 13.8. The monoisotopic (exact) mass is 634 g/mol. The van der Waals surface area contributed by atoms with Gasteiger partial charge in [0.1, 0.15) is 5.75 Å². The Bertz CT molecular complexity index is 3510. The molecule has 2 nitrogen and oxygen atoms in total. The first-order chi connectivity index (χ1) is 32.5. The summed E-state index contributed by atoms with van der Waals surface area (Å²) < 4.78 is 192. The van der Waals surface area contributed by atoms with Gasteiger partial charge >= 0.3 is 0 Å². The molecule has 0 amide bonds. The third-order valence-corrected chi connectivity index (χ3v) is 7.82. The molecule has 0 atom stereocenters. The highest BCUT2D eigenvalue weighted by molar-refractivity contribution is 6.07. The second kappa shape index (κ2) is 11.8. The number of ether oxygens (including phenoxy) is 1. The summed E-state index contributed by atoms with van der Waals surface area (Å²) in [6.45, 7) is 0. The molecule has 8 aromatic carbocycles. The molecule has 0 N–H and O–H groups in total. The van der Waals surface area contributed by atoms with E-state index in [0.29, 0.717) is 16.5 Å². The first-order valence-electron chi connectivity index (χ1n) is 25.1. The fourth-order valence-electron chi connectivity index (χ4n) is 5.73. The van der Waals surface area contributed by atoms with Gasteiger partial charge in [-0.1, -0.05) is 151 Å². The number of hydrogen-bond donors (Lipinski definition) is 0. The normalized spacial score (nSPS) is 17.6. The predicted octanol–water partition coefficient (Wildman–Crippen LogP) is 13.1. The molecule has 0 aliphatic carbocycles. The van der Waals surface area contributed by atoms with Crippen molar-refractivity contribution in [3.8, 4) is 56.0 Å². The molecule has 0 aromatic heterocycles. The molecule has 0 spiro atoms. The Morgan fingerprint density at radius 1 is 0.417 bits per heavy atom. The van der Waals surface area contributed by atoms with Gasteiger partial charge in [-0.05, 0) is 75.1 Å². The molecule has 1 heterocycles. The van der Waals surface area contributed by atoms with Gasteiger partial charge in [0.25, 0.3) is 0 Å². The van der Waals surface area contributed by atoms with Crippen LogP contribution in [-0.4, -0.2) is 0 Å². The number of rotatable bonds is 6. The van der Waals surface area contributed by atoms with E-state index in [1.54, 1.807) is 30.3 Å². The van der Waals surface area contributed by atoms with Crippen LogP contribution in [-0.2, 0) is 0 Å². The summed E-state index contributed by atoms with van der Waals surface area (Å²) in [4.78, 5) is 0.988. The lowest BCUT2D eigenvalue weighted by atomic mass is 9.91. The van der Waals surface area contributed by atoms with Crippen LogP contribution >= 0.6 is 0 Å². The van der Waals surface area contributed by atoms with Crippen LogP contribution in [0.15, 0.2) is 188 Å². The maximum Gasteiger partial charge on any atom is 0.159 e. The Morgan fingerprint density at radius 2 is 0.979 bits per heavy atom. The molecule has 0 saturated heterocycles. The summed E-state index contributed by atoms with van der Waals surface area (Å²) in [5.41, 5.74) is -3.31. The van der Waals surface area contributed by atoms with Crippen LogP contribution in [0.4, 0.5) is 17.1 Å². The van der Waals surface area contributed by atoms with Crippen molar-refractivity contribution >= 4 is 27.8 Å². The second-order valence-corrected chi connectivity index (χ2v) is 10.5. The highest BCUT2D eigenvalue weighted by atomic mass is 16.5. The van der Waals surface area contributed by atoms with Gasteiger partial charge in [0.05, 0.1) is 34.5 Å². The fourth-order valence-corrected chi connectivity index (χ4v) is 5.73. The lowest BCUT2D eigenvalue weighted by Gasteiger charge is -2.33. The number of nitrogens with zero attached hydrogens (tertiary/aromatic N) is 1. The van der Waals surface area contributed by atoms with Crippen LogP contribution in [0.3, 0.4) is 0 Å². The second-order valence-electron chi connectivity index (χ2n) is 10.5. The molecule has 0 fully saturated rings. The topological polar surface area (TPSA) is 12.5 Å². The van der Waals surface area contributed by atoms with Crippen LogP contribution in [0, 0.1) is 0 Å². The molecule has 226 valence electrons. The largest absolute Gasteiger partial charge is 0.454 e. The van der Waals surface area contributed by atoms with Crippen LogP contribution in [0.2, 0.25) is 0 Å². The van der Waals surface area contributed by atoms with Gasteiger partial charge in [0.2, 0.25) is 0 Å². The summed E-state index contributed by atoms with van der Waals surface area (Å²) in [5, 5.41) is 1.40. The molecule has 9 rings (SSSR count). The van der Waals surface area contributed by atoms with Crippen molar-refractivity contribution in [2.45, 2.75) is 0 Å². The van der Waals surface area contributed by atoms with E-state index < -0.39 is 161 Å². The van der Waals surface area contributed by atoms with Gasteiger partial charge < -0.3 is 9.64 Å². The summed E-state index contributed by atoms with van der Waals surface area (Å²) >= 11 is 0. The van der Waals surface area contributed by atoms with Crippen molar-refractivity contribution in [3.05, 3.63) is 188 Å². The molecule has 1 aliphatic heterocycles. The number of anilines is 3. The van der Waals surface area contributed by atoms with E-state index in [-0.39, 0.29) is 28.3 Å². The highest BCUT2D eigenvalue weighted by Crippen LogP contribution is 2.56. The Morgan fingerprint density at radius 3 is 1.69 bits per heavy atom. The van der Waals surface area contributed by atoms with Crippen molar-refractivity contribution in [2.24, 2.45) is 0 Å². The molecule has 0 radical (unpaired) electrons.